The fraction of sp³-hybridized carbons (Fsp3) is 0.786. The number of hydrogen-bond donors (Lipinski definition) is 1. The molecule has 3 heteroatoms. The highest BCUT2D eigenvalue weighted by Gasteiger charge is 2.47. The molecule has 0 amide bonds. The molecule has 0 spiro atoms. The number of hydrogen-bond acceptors (Lipinski definition) is 2. The lowest BCUT2D eigenvalue weighted by Crippen LogP contribution is -2.44. The molecule has 0 atom stereocenters. The van der Waals surface area contributed by atoms with Crippen molar-refractivity contribution >= 4 is 17.7 Å². The molecule has 0 aliphatic heterocycles. The maximum Gasteiger partial charge on any atom is 0.341 e. The normalized spacial score (nSPS) is 44.1. The van der Waals surface area contributed by atoms with Gasteiger partial charge in [0.05, 0.1) is 4.91 Å². The average Bonchev–Trinajstić information content (AvgIpc) is 2.27. The Bertz CT molecular complexity index is 333. The molecular formula is C14H20O2S. The van der Waals surface area contributed by atoms with Crippen LogP contribution < -0.4 is 0 Å². The van der Waals surface area contributed by atoms with Crippen LogP contribution in [0.1, 0.15) is 32.1 Å². The molecule has 4 rings (SSSR count). The van der Waals surface area contributed by atoms with Crippen LogP contribution >= 0.6 is 11.8 Å². The summed E-state index contributed by atoms with van der Waals surface area (Å²) in [7, 11) is 0. The third-order valence-corrected chi connectivity index (χ3v) is 5.82. The van der Waals surface area contributed by atoms with Crippen LogP contribution in [0.2, 0.25) is 0 Å². The van der Waals surface area contributed by atoms with Gasteiger partial charge in [0, 0.05) is 0 Å². The minimum atomic E-state index is -0.744. The van der Waals surface area contributed by atoms with Crippen LogP contribution in [-0.4, -0.2) is 17.3 Å². The Morgan fingerprint density at radius 3 is 2.06 bits per heavy atom. The van der Waals surface area contributed by atoms with E-state index in [9.17, 15) is 4.79 Å². The Kier molecular flexibility index (Phi) is 2.97. The molecule has 1 N–H and O–H groups in total. The first-order valence-corrected chi connectivity index (χ1v) is 7.89. The summed E-state index contributed by atoms with van der Waals surface area (Å²) in [5.41, 5.74) is 0. The molecule has 0 unspecified atom stereocenters. The predicted octanol–water partition coefficient (Wildman–Crippen LogP) is 3.39. The first-order valence-electron chi connectivity index (χ1n) is 6.66. The molecule has 0 aromatic rings. The number of rotatable bonds is 3. The van der Waals surface area contributed by atoms with Gasteiger partial charge in [0.25, 0.3) is 0 Å². The fourth-order valence-corrected chi connectivity index (χ4v) is 5.11. The maximum absolute atomic E-state index is 11.1. The highest BCUT2D eigenvalue weighted by molar-refractivity contribution is 8.03. The van der Waals surface area contributed by atoms with E-state index in [4.69, 9.17) is 5.11 Å². The highest BCUT2D eigenvalue weighted by Crippen LogP contribution is 2.57. The predicted molar refractivity (Wildman–Crippen MR) is 69.8 cm³/mol. The Balaban J connectivity index is 1.82. The SMILES string of the molecule is CS/C(=C/C1C2CC3CC(C2)CC1C3)C(=O)O. The summed E-state index contributed by atoms with van der Waals surface area (Å²) in [6, 6.07) is 0. The van der Waals surface area contributed by atoms with Gasteiger partial charge < -0.3 is 5.11 Å². The van der Waals surface area contributed by atoms with Crippen molar-refractivity contribution in [1.82, 2.24) is 0 Å². The number of carboxylic acid groups (broad SMARTS) is 1. The molecule has 2 nitrogen and oxygen atoms in total. The summed E-state index contributed by atoms with van der Waals surface area (Å²) in [6.07, 6.45) is 10.8. The van der Waals surface area contributed by atoms with Gasteiger partial charge in [0.15, 0.2) is 0 Å². The van der Waals surface area contributed by atoms with Gasteiger partial charge >= 0.3 is 5.97 Å². The van der Waals surface area contributed by atoms with E-state index in [1.807, 2.05) is 6.26 Å². The summed E-state index contributed by atoms with van der Waals surface area (Å²) >= 11 is 1.38. The average molecular weight is 252 g/mol. The van der Waals surface area contributed by atoms with Crippen molar-refractivity contribution in [3.8, 4) is 0 Å². The molecule has 4 aliphatic carbocycles. The van der Waals surface area contributed by atoms with Crippen molar-refractivity contribution in [3.63, 3.8) is 0 Å². The van der Waals surface area contributed by atoms with Crippen molar-refractivity contribution in [2.24, 2.45) is 29.6 Å². The summed E-state index contributed by atoms with van der Waals surface area (Å²) in [6.45, 7) is 0. The monoisotopic (exact) mass is 252 g/mol. The molecule has 4 aliphatic rings. The first-order chi connectivity index (χ1) is 8.17. The van der Waals surface area contributed by atoms with Crippen LogP contribution in [0.4, 0.5) is 0 Å². The molecule has 0 aromatic heterocycles. The molecule has 0 radical (unpaired) electrons. The fourth-order valence-electron chi connectivity index (χ4n) is 4.64. The minimum Gasteiger partial charge on any atom is -0.477 e. The van der Waals surface area contributed by atoms with Gasteiger partial charge in [0.2, 0.25) is 0 Å². The Labute approximate surface area is 107 Å². The number of carbonyl (C=O) groups is 1. The molecule has 94 valence electrons. The minimum absolute atomic E-state index is 0.557. The van der Waals surface area contributed by atoms with Crippen molar-refractivity contribution in [3.05, 3.63) is 11.0 Å². The lowest BCUT2D eigenvalue weighted by molar-refractivity contribution is -0.131. The zero-order valence-corrected chi connectivity index (χ0v) is 11.1. The molecule has 0 aromatic carbocycles. The van der Waals surface area contributed by atoms with Crippen LogP contribution in [-0.2, 0) is 4.79 Å². The number of allylic oxidation sites excluding steroid dienone is 1. The van der Waals surface area contributed by atoms with E-state index in [1.54, 1.807) is 0 Å². The van der Waals surface area contributed by atoms with Crippen molar-refractivity contribution < 1.29 is 9.90 Å². The van der Waals surface area contributed by atoms with Crippen LogP contribution in [0.25, 0.3) is 0 Å². The van der Waals surface area contributed by atoms with E-state index in [1.165, 1.54) is 43.9 Å². The van der Waals surface area contributed by atoms with Crippen LogP contribution in [0, 0.1) is 29.6 Å². The maximum atomic E-state index is 11.1. The Hall–Kier alpha value is -0.440. The third kappa shape index (κ3) is 2.03. The van der Waals surface area contributed by atoms with Crippen molar-refractivity contribution in [2.45, 2.75) is 32.1 Å². The highest BCUT2D eigenvalue weighted by atomic mass is 32.2. The van der Waals surface area contributed by atoms with Gasteiger partial charge in [0.1, 0.15) is 0 Å². The molecule has 4 fully saturated rings. The summed E-state index contributed by atoms with van der Waals surface area (Å²) < 4.78 is 0. The van der Waals surface area contributed by atoms with Gasteiger partial charge in [-0.3, -0.25) is 0 Å². The van der Waals surface area contributed by atoms with Gasteiger partial charge in [-0.15, -0.1) is 11.8 Å². The molecule has 17 heavy (non-hydrogen) atoms. The molecule has 4 saturated carbocycles. The van der Waals surface area contributed by atoms with Gasteiger partial charge in [-0.25, -0.2) is 4.79 Å². The third-order valence-electron chi connectivity index (χ3n) is 5.07. The topological polar surface area (TPSA) is 37.3 Å². The second-order valence-corrected chi connectivity index (χ2v) is 6.90. The van der Waals surface area contributed by atoms with Gasteiger partial charge in [-0.05, 0) is 67.9 Å². The molecule has 0 saturated heterocycles. The van der Waals surface area contributed by atoms with E-state index >= 15 is 0 Å². The van der Waals surface area contributed by atoms with E-state index < -0.39 is 5.97 Å². The summed E-state index contributed by atoms with van der Waals surface area (Å²) in [5.74, 6) is 3.31. The first kappa shape index (κ1) is 11.6. The van der Waals surface area contributed by atoms with E-state index in [-0.39, 0.29) is 0 Å². The largest absolute Gasteiger partial charge is 0.477 e. The zero-order chi connectivity index (χ0) is 12.0. The second kappa shape index (κ2) is 4.34. The van der Waals surface area contributed by atoms with E-state index in [0.717, 1.165) is 23.7 Å². The number of aliphatic carboxylic acids is 1. The van der Waals surface area contributed by atoms with Crippen molar-refractivity contribution in [2.75, 3.05) is 6.26 Å². The van der Waals surface area contributed by atoms with Crippen molar-refractivity contribution in [1.29, 1.82) is 0 Å². The lowest BCUT2D eigenvalue weighted by atomic mass is 9.52. The molecule has 4 bridgehead atoms. The number of carboxylic acids is 1. The molecular weight excluding hydrogens is 232 g/mol. The Morgan fingerprint density at radius 1 is 1.12 bits per heavy atom. The standard InChI is InChI=1S/C14H20O2S/c1-17-13(14(15)16)7-12-10-3-8-2-9(5-10)6-11(12)4-8/h7-12H,2-6H2,1H3,(H,15,16)/b13-7+. The second-order valence-electron chi connectivity index (χ2n) is 6.05. The van der Waals surface area contributed by atoms with Crippen LogP contribution in [0.5, 0.6) is 0 Å². The Morgan fingerprint density at radius 2 is 1.65 bits per heavy atom. The lowest BCUT2D eigenvalue weighted by Gasteiger charge is -2.53. The van der Waals surface area contributed by atoms with Gasteiger partial charge in [-0.2, -0.15) is 0 Å². The summed E-state index contributed by atoms with van der Waals surface area (Å²) in [5, 5.41) is 9.14. The summed E-state index contributed by atoms with van der Waals surface area (Å²) in [4.78, 5) is 11.7. The van der Waals surface area contributed by atoms with Crippen LogP contribution in [0.15, 0.2) is 11.0 Å². The molecule has 0 heterocycles. The van der Waals surface area contributed by atoms with Gasteiger partial charge in [-0.1, -0.05) is 6.08 Å². The zero-order valence-electron chi connectivity index (χ0n) is 10.3. The van der Waals surface area contributed by atoms with E-state index in [2.05, 4.69) is 6.08 Å². The van der Waals surface area contributed by atoms with E-state index in [0.29, 0.717) is 10.8 Å². The smallest absolute Gasteiger partial charge is 0.341 e. The van der Waals surface area contributed by atoms with Crippen LogP contribution in [0.3, 0.4) is 0 Å². The quantitative estimate of drug-likeness (QED) is 0.782. The number of thioether (sulfide) groups is 1.